The van der Waals surface area contributed by atoms with Crippen molar-refractivity contribution in [2.24, 2.45) is 0 Å². The minimum absolute atomic E-state index is 0.141. The third-order valence-electron chi connectivity index (χ3n) is 3.38. The molecule has 1 aromatic heterocycles. The largest absolute Gasteiger partial charge is 0.348 e. The lowest BCUT2D eigenvalue weighted by Crippen LogP contribution is -2.42. The average molecular weight is 295 g/mol. The van der Waals surface area contributed by atoms with Gasteiger partial charge in [-0.05, 0) is 27.7 Å². The number of rotatable bonds is 6. The maximum atomic E-state index is 12.0. The first-order chi connectivity index (χ1) is 9.62. The highest BCUT2D eigenvalue weighted by Crippen LogP contribution is 2.17. The number of hydrogen-bond acceptors (Lipinski definition) is 4. The van der Waals surface area contributed by atoms with E-state index in [0.29, 0.717) is 18.6 Å². The number of H-pyrrole nitrogens is 1. The predicted octanol–water partition coefficient (Wildman–Crippen LogP) is 1.95. The van der Waals surface area contributed by atoms with Crippen LogP contribution in [0, 0.1) is 0 Å². The molecule has 1 aromatic rings. The highest BCUT2D eigenvalue weighted by Gasteiger charge is 2.21. The van der Waals surface area contributed by atoms with E-state index in [2.05, 4.69) is 53.1 Å². The van der Waals surface area contributed by atoms with Gasteiger partial charge in [0.25, 0.3) is 5.91 Å². The third kappa shape index (κ3) is 5.12. The molecule has 6 heteroatoms. The Balaban J connectivity index is 2.53. The van der Waals surface area contributed by atoms with Crippen LogP contribution in [0.5, 0.6) is 0 Å². The van der Waals surface area contributed by atoms with Gasteiger partial charge in [-0.3, -0.25) is 14.8 Å². The summed E-state index contributed by atoms with van der Waals surface area (Å²) in [5.74, 6) is 0.702. The molecule has 0 radical (unpaired) electrons. The van der Waals surface area contributed by atoms with Crippen LogP contribution in [0.15, 0.2) is 0 Å². The molecule has 0 saturated heterocycles. The molecule has 0 aliphatic rings. The van der Waals surface area contributed by atoms with Crippen molar-refractivity contribution in [3.63, 3.8) is 0 Å². The van der Waals surface area contributed by atoms with Crippen LogP contribution in [0.2, 0.25) is 0 Å². The Morgan fingerprint density at radius 2 is 1.81 bits per heavy atom. The minimum Gasteiger partial charge on any atom is -0.348 e. The molecule has 2 N–H and O–H groups in total. The zero-order valence-electron chi connectivity index (χ0n) is 14.3. The Labute approximate surface area is 127 Å². The molecule has 1 amide bonds. The SMILES string of the molecule is CC(C)N(CCNC(=O)c1n[nH]c(C(C)(C)C)n1)C(C)C. The van der Waals surface area contributed by atoms with E-state index in [0.717, 1.165) is 12.4 Å². The molecule has 0 aromatic carbocycles. The highest BCUT2D eigenvalue weighted by molar-refractivity contribution is 5.90. The fourth-order valence-corrected chi connectivity index (χ4v) is 2.19. The fourth-order valence-electron chi connectivity index (χ4n) is 2.19. The second kappa shape index (κ2) is 7.02. The summed E-state index contributed by atoms with van der Waals surface area (Å²) in [5.41, 5.74) is -0.141. The Morgan fingerprint density at radius 1 is 1.24 bits per heavy atom. The molecular formula is C15H29N5O. The summed E-state index contributed by atoms with van der Waals surface area (Å²) in [7, 11) is 0. The van der Waals surface area contributed by atoms with Gasteiger partial charge in [-0.25, -0.2) is 4.98 Å². The van der Waals surface area contributed by atoms with E-state index >= 15 is 0 Å². The van der Waals surface area contributed by atoms with Gasteiger partial charge in [-0.15, -0.1) is 5.10 Å². The minimum atomic E-state index is -0.228. The molecule has 6 nitrogen and oxygen atoms in total. The lowest BCUT2D eigenvalue weighted by molar-refractivity contribution is 0.0929. The van der Waals surface area contributed by atoms with Crippen molar-refractivity contribution in [3.8, 4) is 0 Å². The average Bonchev–Trinajstić information content (AvgIpc) is 2.82. The van der Waals surface area contributed by atoms with E-state index in [1.807, 2.05) is 20.8 Å². The van der Waals surface area contributed by atoms with Gasteiger partial charge in [0.05, 0.1) is 0 Å². The monoisotopic (exact) mass is 295 g/mol. The second-order valence-corrected chi connectivity index (χ2v) is 6.94. The molecule has 21 heavy (non-hydrogen) atoms. The summed E-state index contributed by atoms with van der Waals surface area (Å²) in [6.45, 7) is 16.1. The van der Waals surface area contributed by atoms with E-state index in [1.165, 1.54) is 0 Å². The van der Waals surface area contributed by atoms with Gasteiger partial charge in [0, 0.05) is 30.6 Å². The van der Waals surface area contributed by atoms with Crippen molar-refractivity contribution in [1.29, 1.82) is 0 Å². The van der Waals surface area contributed by atoms with Crippen LogP contribution in [-0.4, -0.2) is 51.2 Å². The van der Waals surface area contributed by atoms with Gasteiger partial charge in [0.2, 0.25) is 5.82 Å². The molecule has 0 aliphatic heterocycles. The smallest absolute Gasteiger partial charge is 0.291 e. The van der Waals surface area contributed by atoms with E-state index in [1.54, 1.807) is 0 Å². The second-order valence-electron chi connectivity index (χ2n) is 6.94. The van der Waals surface area contributed by atoms with Gasteiger partial charge < -0.3 is 5.32 Å². The van der Waals surface area contributed by atoms with Crippen LogP contribution in [0.4, 0.5) is 0 Å². The Bertz CT molecular complexity index is 451. The fraction of sp³-hybridized carbons (Fsp3) is 0.800. The van der Waals surface area contributed by atoms with Crippen molar-refractivity contribution in [1.82, 2.24) is 25.4 Å². The topological polar surface area (TPSA) is 73.9 Å². The normalized spacial score (nSPS) is 12.5. The lowest BCUT2D eigenvalue weighted by Gasteiger charge is -2.30. The molecule has 0 spiro atoms. The van der Waals surface area contributed by atoms with Crippen molar-refractivity contribution in [3.05, 3.63) is 11.6 Å². The van der Waals surface area contributed by atoms with Crippen molar-refractivity contribution in [2.75, 3.05) is 13.1 Å². The van der Waals surface area contributed by atoms with Crippen LogP contribution in [0.3, 0.4) is 0 Å². The maximum Gasteiger partial charge on any atom is 0.291 e. The molecule has 0 atom stereocenters. The molecule has 120 valence electrons. The van der Waals surface area contributed by atoms with Crippen LogP contribution < -0.4 is 5.32 Å². The van der Waals surface area contributed by atoms with Gasteiger partial charge in [0.15, 0.2) is 0 Å². The van der Waals surface area contributed by atoms with Gasteiger partial charge >= 0.3 is 0 Å². The highest BCUT2D eigenvalue weighted by atomic mass is 16.2. The molecule has 1 rings (SSSR count). The van der Waals surface area contributed by atoms with E-state index in [4.69, 9.17) is 0 Å². The third-order valence-corrected chi connectivity index (χ3v) is 3.38. The summed E-state index contributed by atoms with van der Waals surface area (Å²) in [5, 5.41) is 9.70. The predicted molar refractivity (Wildman–Crippen MR) is 84.4 cm³/mol. The number of amides is 1. The number of nitrogens with zero attached hydrogens (tertiary/aromatic N) is 3. The van der Waals surface area contributed by atoms with Crippen LogP contribution in [0.1, 0.15) is 64.9 Å². The first-order valence-electron chi connectivity index (χ1n) is 7.59. The van der Waals surface area contributed by atoms with Crippen LogP contribution in [-0.2, 0) is 5.41 Å². The Kier molecular flexibility index (Phi) is 5.89. The van der Waals surface area contributed by atoms with Gasteiger partial charge in [-0.1, -0.05) is 20.8 Å². The summed E-state index contributed by atoms with van der Waals surface area (Å²) < 4.78 is 0. The first kappa shape index (κ1) is 17.6. The molecule has 0 aliphatic carbocycles. The summed E-state index contributed by atoms with van der Waals surface area (Å²) in [4.78, 5) is 18.6. The summed E-state index contributed by atoms with van der Waals surface area (Å²) in [6, 6.07) is 0.913. The van der Waals surface area contributed by atoms with Crippen LogP contribution >= 0.6 is 0 Å². The molecule has 0 bridgehead atoms. The summed E-state index contributed by atoms with van der Waals surface area (Å²) in [6.07, 6.45) is 0. The van der Waals surface area contributed by atoms with E-state index < -0.39 is 0 Å². The zero-order chi connectivity index (χ0) is 16.2. The van der Waals surface area contributed by atoms with Crippen molar-refractivity contribution in [2.45, 2.75) is 66.0 Å². The maximum absolute atomic E-state index is 12.0. The van der Waals surface area contributed by atoms with Crippen molar-refractivity contribution < 1.29 is 4.79 Å². The standard InChI is InChI=1S/C15H29N5O/c1-10(2)20(11(3)4)9-8-16-13(21)12-17-14(19-18-12)15(5,6)7/h10-11H,8-9H2,1-7H3,(H,16,21)(H,17,18,19). The number of aromatic nitrogens is 3. The van der Waals surface area contributed by atoms with E-state index in [-0.39, 0.29) is 17.1 Å². The Hall–Kier alpha value is -1.43. The number of carbonyl (C=O) groups excluding carboxylic acids is 1. The lowest BCUT2D eigenvalue weighted by atomic mass is 9.96. The Morgan fingerprint density at radius 3 is 2.24 bits per heavy atom. The molecule has 0 fully saturated rings. The first-order valence-corrected chi connectivity index (χ1v) is 7.59. The molecule has 0 unspecified atom stereocenters. The van der Waals surface area contributed by atoms with Crippen LogP contribution in [0.25, 0.3) is 0 Å². The number of nitrogens with one attached hydrogen (secondary N) is 2. The number of carbonyl (C=O) groups is 1. The van der Waals surface area contributed by atoms with Crippen molar-refractivity contribution >= 4 is 5.91 Å². The molecule has 0 saturated carbocycles. The molecule has 1 heterocycles. The number of hydrogen-bond donors (Lipinski definition) is 2. The number of aromatic amines is 1. The summed E-state index contributed by atoms with van der Waals surface area (Å²) >= 11 is 0. The zero-order valence-corrected chi connectivity index (χ0v) is 14.3. The molecular weight excluding hydrogens is 266 g/mol. The van der Waals surface area contributed by atoms with Gasteiger partial charge in [-0.2, -0.15) is 0 Å². The quantitative estimate of drug-likeness (QED) is 0.841. The van der Waals surface area contributed by atoms with E-state index in [9.17, 15) is 4.79 Å². The van der Waals surface area contributed by atoms with Gasteiger partial charge in [0.1, 0.15) is 5.82 Å².